The molecule has 3 atom stereocenters. The topological polar surface area (TPSA) is 49.3 Å². The third-order valence-electron chi connectivity index (χ3n) is 3.76. The summed E-state index contributed by atoms with van der Waals surface area (Å²) in [5.74, 6) is 1.19. The van der Waals surface area contributed by atoms with Crippen molar-refractivity contribution >= 4 is 5.91 Å². The third kappa shape index (κ3) is 3.78. The molecule has 16 heavy (non-hydrogen) atoms. The Morgan fingerprint density at radius 3 is 2.75 bits per heavy atom. The maximum atomic E-state index is 11.7. The van der Waals surface area contributed by atoms with Gasteiger partial charge in [-0.15, -0.1) is 0 Å². The predicted molar refractivity (Wildman–Crippen MR) is 65.0 cm³/mol. The zero-order valence-corrected chi connectivity index (χ0v) is 10.5. The van der Waals surface area contributed by atoms with Gasteiger partial charge >= 0.3 is 0 Å². The Balaban J connectivity index is 2.25. The number of hydrogen-bond donors (Lipinski definition) is 2. The first-order chi connectivity index (χ1) is 7.69. The maximum absolute atomic E-state index is 11.7. The third-order valence-corrected chi connectivity index (χ3v) is 3.76. The van der Waals surface area contributed by atoms with Crippen molar-refractivity contribution < 1.29 is 9.90 Å². The molecule has 94 valence electrons. The van der Waals surface area contributed by atoms with E-state index < -0.39 is 0 Å². The average Bonchev–Trinajstić information content (AvgIpc) is 2.73. The molecule has 0 aromatic heterocycles. The zero-order valence-electron chi connectivity index (χ0n) is 10.5. The first-order valence-electron chi connectivity index (χ1n) is 6.57. The van der Waals surface area contributed by atoms with Crippen LogP contribution in [0.2, 0.25) is 0 Å². The Kier molecular flexibility index (Phi) is 5.81. The van der Waals surface area contributed by atoms with E-state index in [1.54, 1.807) is 0 Å². The molecule has 0 heterocycles. The first-order valence-corrected chi connectivity index (χ1v) is 6.57. The lowest BCUT2D eigenvalue weighted by molar-refractivity contribution is -0.124. The molecule has 0 aliphatic heterocycles. The molecule has 0 bridgehead atoms. The highest BCUT2D eigenvalue weighted by molar-refractivity contribution is 5.78. The molecule has 0 radical (unpaired) electrons. The van der Waals surface area contributed by atoms with Gasteiger partial charge in [-0.3, -0.25) is 4.79 Å². The van der Waals surface area contributed by atoms with E-state index in [0.29, 0.717) is 11.8 Å². The zero-order chi connectivity index (χ0) is 12.0. The number of nitrogens with one attached hydrogen (secondary N) is 1. The van der Waals surface area contributed by atoms with Crippen LogP contribution in [0.3, 0.4) is 0 Å². The van der Waals surface area contributed by atoms with Crippen LogP contribution < -0.4 is 5.32 Å². The van der Waals surface area contributed by atoms with Crippen molar-refractivity contribution in [2.24, 2.45) is 17.8 Å². The molecule has 0 saturated heterocycles. The van der Waals surface area contributed by atoms with Gasteiger partial charge in [-0.25, -0.2) is 0 Å². The van der Waals surface area contributed by atoms with E-state index in [1.165, 1.54) is 6.42 Å². The molecular formula is C13H25NO2. The van der Waals surface area contributed by atoms with Crippen molar-refractivity contribution in [3.63, 3.8) is 0 Å². The largest absolute Gasteiger partial charge is 0.396 e. The molecule has 2 N–H and O–H groups in total. The van der Waals surface area contributed by atoms with E-state index in [0.717, 1.165) is 32.2 Å². The molecule has 0 aromatic carbocycles. The summed E-state index contributed by atoms with van der Waals surface area (Å²) in [6.45, 7) is 5.10. The van der Waals surface area contributed by atoms with Crippen LogP contribution in [-0.4, -0.2) is 24.2 Å². The van der Waals surface area contributed by atoms with Crippen molar-refractivity contribution in [2.75, 3.05) is 13.2 Å². The highest BCUT2D eigenvalue weighted by atomic mass is 16.3. The van der Waals surface area contributed by atoms with Crippen LogP contribution in [0, 0.1) is 17.8 Å². The lowest BCUT2D eigenvalue weighted by Gasteiger charge is -2.19. The Labute approximate surface area is 98.6 Å². The van der Waals surface area contributed by atoms with Crippen LogP contribution in [-0.2, 0) is 4.79 Å². The molecule has 3 heteroatoms. The van der Waals surface area contributed by atoms with Gasteiger partial charge in [0.2, 0.25) is 5.91 Å². The minimum atomic E-state index is 0.124. The fourth-order valence-electron chi connectivity index (χ4n) is 2.59. The van der Waals surface area contributed by atoms with Crippen molar-refractivity contribution in [1.29, 1.82) is 0 Å². The van der Waals surface area contributed by atoms with Crippen LogP contribution >= 0.6 is 0 Å². The summed E-state index contributed by atoms with van der Waals surface area (Å²) < 4.78 is 0. The van der Waals surface area contributed by atoms with Gasteiger partial charge in [0, 0.05) is 19.1 Å². The molecule has 1 saturated carbocycles. The van der Waals surface area contributed by atoms with Gasteiger partial charge in [0.05, 0.1) is 0 Å². The minimum Gasteiger partial charge on any atom is -0.396 e. The molecule has 1 amide bonds. The second kappa shape index (κ2) is 6.89. The van der Waals surface area contributed by atoms with Crippen LogP contribution in [0.1, 0.15) is 46.0 Å². The minimum absolute atomic E-state index is 0.124. The van der Waals surface area contributed by atoms with E-state index in [4.69, 9.17) is 0 Å². The van der Waals surface area contributed by atoms with Gasteiger partial charge < -0.3 is 10.4 Å². The summed E-state index contributed by atoms with van der Waals surface area (Å²) in [6, 6.07) is 0. The summed E-state index contributed by atoms with van der Waals surface area (Å²) >= 11 is 0. The molecular weight excluding hydrogens is 202 g/mol. The summed E-state index contributed by atoms with van der Waals surface area (Å²) in [7, 11) is 0. The van der Waals surface area contributed by atoms with E-state index in [2.05, 4.69) is 12.2 Å². The summed E-state index contributed by atoms with van der Waals surface area (Å²) in [6.07, 6.45) is 5.46. The van der Waals surface area contributed by atoms with Crippen LogP contribution in [0.25, 0.3) is 0 Å². The molecule has 0 aromatic rings. The summed E-state index contributed by atoms with van der Waals surface area (Å²) in [5.41, 5.74) is 0. The van der Waals surface area contributed by atoms with E-state index in [-0.39, 0.29) is 18.4 Å². The Bertz CT molecular complexity index is 218. The molecule has 1 aliphatic rings. The standard InChI is InChI=1S/C13H25NO2/c1-3-5-10(2)13(16)14-8-11-6-4-7-12(11)9-15/h10-12,15H,3-9H2,1-2H3,(H,14,16). The fourth-order valence-corrected chi connectivity index (χ4v) is 2.59. The molecule has 1 fully saturated rings. The highest BCUT2D eigenvalue weighted by Crippen LogP contribution is 2.30. The Hall–Kier alpha value is -0.570. The number of carbonyl (C=O) groups is 1. The van der Waals surface area contributed by atoms with Gasteiger partial charge in [0.1, 0.15) is 0 Å². The number of hydrogen-bond acceptors (Lipinski definition) is 2. The van der Waals surface area contributed by atoms with Gasteiger partial charge in [-0.05, 0) is 31.1 Å². The van der Waals surface area contributed by atoms with Crippen LogP contribution in [0.15, 0.2) is 0 Å². The van der Waals surface area contributed by atoms with E-state index >= 15 is 0 Å². The average molecular weight is 227 g/mol. The van der Waals surface area contributed by atoms with E-state index in [1.807, 2.05) is 6.92 Å². The summed E-state index contributed by atoms with van der Waals surface area (Å²) in [5, 5.41) is 12.2. The van der Waals surface area contributed by atoms with Gasteiger partial charge in [0.15, 0.2) is 0 Å². The number of rotatable bonds is 6. The molecule has 1 rings (SSSR count). The lowest BCUT2D eigenvalue weighted by atomic mass is 9.96. The van der Waals surface area contributed by atoms with Crippen LogP contribution in [0.5, 0.6) is 0 Å². The normalized spacial score (nSPS) is 26.7. The monoisotopic (exact) mass is 227 g/mol. The first kappa shape index (κ1) is 13.5. The number of aliphatic hydroxyl groups excluding tert-OH is 1. The smallest absolute Gasteiger partial charge is 0.222 e. The SMILES string of the molecule is CCCC(C)C(=O)NCC1CCCC1CO. The van der Waals surface area contributed by atoms with Gasteiger partial charge in [0.25, 0.3) is 0 Å². The van der Waals surface area contributed by atoms with E-state index in [9.17, 15) is 9.90 Å². The number of carbonyl (C=O) groups excluding carboxylic acids is 1. The van der Waals surface area contributed by atoms with Crippen molar-refractivity contribution in [3.8, 4) is 0 Å². The Morgan fingerprint density at radius 2 is 2.12 bits per heavy atom. The Morgan fingerprint density at radius 1 is 1.44 bits per heavy atom. The molecule has 3 unspecified atom stereocenters. The number of amides is 1. The molecule has 3 nitrogen and oxygen atoms in total. The predicted octanol–water partition coefficient (Wildman–Crippen LogP) is 1.95. The number of aliphatic hydroxyl groups is 1. The summed E-state index contributed by atoms with van der Waals surface area (Å²) in [4.78, 5) is 11.7. The van der Waals surface area contributed by atoms with Crippen LogP contribution in [0.4, 0.5) is 0 Å². The quantitative estimate of drug-likeness (QED) is 0.728. The second-order valence-electron chi connectivity index (χ2n) is 5.07. The molecule has 1 aliphatic carbocycles. The molecule has 0 spiro atoms. The highest BCUT2D eigenvalue weighted by Gasteiger charge is 2.27. The van der Waals surface area contributed by atoms with Crippen molar-refractivity contribution in [1.82, 2.24) is 5.32 Å². The van der Waals surface area contributed by atoms with Crippen molar-refractivity contribution in [3.05, 3.63) is 0 Å². The fraction of sp³-hybridized carbons (Fsp3) is 0.923. The lowest BCUT2D eigenvalue weighted by Crippen LogP contribution is -2.35. The maximum Gasteiger partial charge on any atom is 0.222 e. The van der Waals surface area contributed by atoms with Gasteiger partial charge in [-0.1, -0.05) is 26.7 Å². The van der Waals surface area contributed by atoms with Crippen molar-refractivity contribution in [2.45, 2.75) is 46.0 Å². The van der Waals surface area contributed by atoms with Gasteiger partial charge in [-0.2, -0.15) is 0 Å². The second-order valence-corrected chi connectivity index (χ2v) is 5.07.